The van der Waals surface area contributed by atoms with Crippen LogP contribution < -0.4 is 5.43 Å². The molecule has 0 spiro atoms. The van der Waals surface area contributed by atoms with E-state index in [1.54, 1.807) is 12.5 Å². The maximum Gasteiger partial charge on any atom is 0.226 e. The van der Waals surface area contributed by atoms with E-state index in [1.165, 1.54) is 5.56 Å². The zero-order valence-electron chi connectivity index (χ0n) is 15.7. The van der Waals surface area contributed by atoms with Crippen molar-refractivity contribution in [3.8, 4) is 0 Å². The smallest absolute Gasteiger partial charge is 0.226 e. The van der Waals surface area contributed by atoms with Gasteiger partial charge in [0, 0.05) is 26.2 Å². The van der Waals surface area contributed by atoms with Gasteiger partial charge in [0.1, 0.15) is 0 Å². The number of rotatable bonds is 6. The Kier molecular flexibility index (Phi) is 5.80. The van der Waals surface area contributed by atoms with Crippen LogP contribution in [0.1, 0.15) is 11.1 Å². The summed E-state index contributed by atoms with van der Waals surface area (Å²) in [6, 6.07) is 8.07. The number of hydrogen-bond donors (Lipinski definition) is 1. The largest absolute Gasteiger partial charge is 0.379 e. The van der Waals surface area contributed by atoms with Gasteiger partial charge in [0.15, 0.2) is 17.0 Å². The minimum atomic E-state index is 0.161. The number of aromatic nitrogens is 4. The number of nitrogens with zero attached hydrogens (tertiary/aromatic N) is 6. The predicted molar refractivity (Wildman–Crippen MR) is 110 cm³/mol. The van der Waals surface area contributed by atoms with Gasteiger partial charge in [-0.3, -0.25) is 10.3 Å². The van der Waals surface area contributed by atoms with Gasteiger partial charge in [0.2, 0.25) is 5.28 Å². The van der Waals surface area contributed by atoms with E-state index in [1.807, 2.05) is 35.8 Å². The molecule has 0 bridgehead atoms. The average molecular weight is 400 g/mol. The molecule has 0 atom stereocenters. The third-order valence-electron chi connectivity index (χ3n) is 4.62. The maximum absolute atomic E-state index is 6.14. The highest BCUT2D eigenvalue weighted by Crippen LogP contribution is 2.21. The number of hydrogen-bond acceptors (Lipinski definition) is 7. The summed E-state index contributed by atoms with van der Waals surface area (Å²) in [5.41, 5.74) is 6.46. The van der Waals surface area contributed by atoms with Crippen molar-refractivity contribution >= 4 is 34.8 Å². The van der Waals surface area contributed by atoms with Crippen molar-refractivity contribution in [1.82, 2.24) is 24.4 Å². The van der Waals surface area contributed by atoms with Gasteiger partial charge in [-0.15, -0.1) is 0 Å². The molecule has 0 amide bonds. The zero-order chi connectivity index (χ0) is 19.3. The molecule has 0 radical (unpaired) electrons. The van der Waals surface area contributed by atoms with Crippen LogP contribution in [0.2, 0.25) is 5.28 Å². The molecular formula is C19H22ClN7O. The third-order valence-corrected chi connectivity index (χ3v) is 4.79. The van der Waals surface area contributed by atoms with Crippen molar-refractivity contribution in [2.75, 3.05) is 38.3 Å². The number of benzene rings is 1. The van der Waals surface area contributed by atoms with Crippen molar-refractivity contribution < 1.29 is 4.74 Å². The summed E-state index contributed by atoms with van der Waals surface area (Å²) in [5.74, 6) is 0.490. The topological polar surface area (TPSA) is 80.5 Å². The van der Waals surface area contributed by atoms with E-state index in [0.717, 1.165) is 45.0 Å². The first-order valence-corrected chi connectivity index (χ1v) is 9.61. The van der Waals surface area contributed by atoms with Crippen LogP contribution in [0.25, 0.3) is 11.2 Å². The summed E-state index contributed by atoms with van der Waals surface area (Å²) in [5, 5.41) is 4.44. The average Bonchev–Trinajstić information content (AvgIpc) is 3.10. The van der Waals surface area contributed by atoms with Crippen LogP contribution in [-0.2, 0) is 11.3 Å². The summed E-state index contributed by atoms with van der Waals surface area (Å²) in [7, 11) is 0. The standard InChI is InChI=1S/C19H22ClN7O/c1-14-3-2-4-15(11-14)12-22-25-17-16-18(24-19(20)23-17)27(13-21-16)6-5-26-7-9-28-10-8-26/h2-4,11-13H,5-10H2,1H3,(H,23,24,25)/b22-12+. The molecule has 0 saturated carbocycles. The van der Waals surface area contributed by atoms with Crippen LogP contribution in [0.3, 0.4) is 0 Å². The summed E-state index contributed by atoms with van der Waals surface area (Å²) in [4.78, 5) is 15.4. The lowest BCUT2D eigenvalue weighted by Crippen LogP contribution is -2.38. The highest BCUT2D eigenvalue weighted by molar-refractivity contribution is 6.28. The van der Waals surface area contributed by atoms with Gasteiger partial charge in [-0.2, -0.15) is 15.1 Å². The SMILES string of the molecule is Cc1cccc(/C=N/Nc2nc(Cl)nc3c2ncn3CCN2CCOCC2)c1. The first kappa shape index (κ1) is 18.8. The lowest BCUT2D eigenvalue weighted by molar-refractivity contribution is 0.0365. The second kappa shape index (κ2) is 8.64. The second-order valence-corrected chi connectivity index (χ2v) is 7.03. The Hall–Kier alpha value is -2.55. The summed E-state index contributed by atoms with van der Waals surface area (Å²) >= 11 is 6.14. The molecule has 28 heavy (non-hydrogen) atoms. The van der Waals surface area contributed by atoms with Crippen molar-refractivity contribution in [3.05, 3.63) is 47.0 Å². The monoisotopic (exact) mass is 399 g/mol. The van der Waals surface area contributed by atoms with Gasteiger partial charge in [-0.1, -0.05) is 29.8 Å². The lowest BCUT2D eigenvalue weighted by Gasteiger charge is -2.26. The van der Waals surface area contributed by atoms with Gasteiger partial charge in [-0.25, -0.2) is 4.98 Å². The molecule has 0 aliphatic carbocycles. The van der Waals surface area contributed by atoms with Gasteiger partial charge >= 0.3 is 0 Å². The van der Waals surface area contributed by atoms with Crippen LogP contribution in [0.5, 0.6) is 0 Å². The number of nitrogens with one attached hydrogen (secondary N) is 1. The van der Waals surface area contributed by atoms with E-state index in [9.17, 15) is 0 Å². The maximum atomic E-state index is 6.14. The highest BCUT2D eigenvalue weighted by atomic mass is 35.5. The molecule has 0 unspecified atom stereocenters. The van der Waals surface area contributed by atoms with Crippen LogP contribution in [0, 0.1) is 6.92 Å². The molecule has 2 aromatic heterocycles. The first-order valence-electron chi connectivity index (χ1n) is 9.23. The van der Waals surface area contributed by atoms with Crippen LogP contribution in [-0.4, -0.2) is 63.5 Å². The summed E-state index contributed by atoms with van der Waals surface area (Å²) in [6.07, 6.45) is 3.51. The fourth-order valence-electron chi connectivity index (χ4n) is 3.15. The molecule has 3 aromatic rings. The van der Waals surface area contributed by atoms with Gasteiger partial charge in [-0.05, 0) is 24.1 Å². The van der Waals surface area contributed by atoms with E-state index in [2.05, 4.69) is 30.4 Å². The molecule has 146 valence electrons. The van der Waals surface area contributed by atoms with Gasteiger partial charge in [0.25, 0.3) is 0 Å². The number of imidazole rings is 1. The number of hydrazone groups is 1. The van der Waals surface area contributed by atoms with E-state index in [-0.39, 0.29) is 5.28 Å². The molecule has 1 N–H and O–H groups in total. The molecular weight excluding hydrogens is 378 g/mol. The number of anilines is 1. The lowest BCUT2D eigenvalue weighted by atomic mass is 10.2. The number of morpholine rings is 1. The fourth-order valence-corrected chi connectivity index (χ4v) is 3.32. The minimum Gasteiger partial charge on any atom is -0.379 e. The third kappa shape index (κ3) is 4.46. The van der Waals surface area contributed by atoms with Crippen molar-refractivity contribution in [1.29, 1.82) is 0 Å². The fraction of sp³-hybridized carbons (Fsp3) is 0.368. The van der Waals surface area contributed by atoms with E-state index >= 15 is 0 Å². The van der Waals surface area contributed by atoms with E-state index in [4.69, 9.17) is 16.3 Å². The van der Waals surface area contributed by atoms with Crippen LogP contribution >= 0.6 is 11.6 Å². The normalized spacial score (nSPS) is 15.5. The molecule has 3 heterocycles. The molecule has 1 aliphatic heterocycles. The zero-order valence-corrected chi connectivity index (χ0v) is 16.4. The summed E-state index contributed by atoms with van der Waals surface area (Å²) in [6.45, 7) is 7.19. The Morgan fingerprint density at radius 3 is 2.93 bits per heavy atom. The van der Waals surface area contributed by atoms with Crippen LogP contribution in [0.4, 0.5) is 5.82 Å². The molecule has 4 rings (SSSR count). The van der Waals surface area contributed by atoms with Crippen molar-refractivity contribution in [3.63, 3.8) is 0 Å². The molecule has 8 nitrogen and oxygen atoms in total. The Balaban J connectivity index is 1.50. The number of ether oxygens (including phenoxy) is 1. The molecule has 9 heteroatoms. The van der Waals surface area contributed by atoms with E-state index in [0.29, 0.717) is 17.0 Å². The Bertz CT molecular complexity index is 982. The molecule has 1 aromatic carbocycles. The van der Waals surface area contributed by atoms with Crippen molar-refractivity contribution in [2.45, 2.75) is 13.5 Å². The quantitative estimate of drug-likeness (QED) is 0.390. The number of fused-ring (bicyclic) bond motifs is 1. The molecule has 1 aliphatic rings. The second-order valence-electron chi connectivity index (χ2n) is 6.69. The Labute approximate surface area is 168 Å². The predicted octanol–water partition coefficient (Wildman–Crippen LogP) is 2.57. The van der Waals surface area contributed by atoms with Gasteiger partial charge < -0.3 is 9.30 Å². The highest BCUT2D eigenvalue weighted by Gasteiger charge is 2.14. The number of aryl methyl sites for hydroxylation is 1. The Morgan fingerprint density at radius 2 is 2.11 bits per heavy atom. The summed E-state index contributed by atoms with van der Waals surface area (Å²) < 4.78 is 7.39. The molecule has 1 saturated heterocycles. The van der Waals surface area contributed by atoms with Crippen molar-refractivity contribution in [2.24, 2.45) is 5.10 Å². The van der Waals surface area contributed by atoms with Gasteiger partial charge in [0.05, 0.1) is 25.8 Å². The van der Waals surface area contributed by atoms with Crippen LogP contribution in [0.15, 0.2) is 35.7 Å². The van der Waals surface area contributed by atoms with E-state index < -0.39 is 0 Å². The molecule has 1 fully saturated rings. The Morgan fingerprint density at radius 1 is 1.25 bits per heavy atom. The first-order chi connectivity index (χ1) is 13.7. The number of halogens is 1. The minimum absolute atomic E-state index is 0.161.